The van der Waals surface area contributed by atoms with Gasteiger partial charge in [-0.3, -0.25) is 9.36 Å². The van der Waals surface area contributed by atoms with Crippen molar-refractivity contribution in [3.05, 3.63) is 74.5 Å². The lowest BCUT2D eigenvalue weighted by Gasteiger charge is -2.33. The Morgan fingerprint density at radius 3 is 2.41 bits per heavy atom. The molecule has 0 atom stereocenters. The number of piperidine rings is 1. The summed E-state index contributed by atoms with van der Waals surface area (Å²) >= 11 is 12.2. The highest BCUT2D eigenvalue weighted by Gasteiger charge is 2.24. The van der Waals surface area contributed by atoms with Crippen LogP contribution in [0.25, 0.3) is 17.1 Å². The molecule has 34 heavy (non-hydrogen) atoms. The van der Waals surface area contributed by atoms with Crippen LogP contribution in [-0.2, 0) is 4.74 Å². The summed E-state index contributed by atoms with van der Waals surface area (Å²) in [4.78, 5) is 32.1. The van der Waals surface area contributed by atoms with Gasteiger partial charge in [0.1, 0.15) is 11.6 Å². The molecule has 0 aliphatic carbocycles. The Morgan fingerprint density at radius 2 is 1.76 bits per heavy atom. The molecule has 0 unspecified atom stereocenters. The molecule has 1 aromatic heterocycles. The van der Waals surface area contributed by atoms with Crippen molar-refractivity contribution in [1.82, 2.24) is 14.9 Å². The van der Waals surface area contributed by atoms with Crippen molar-refractivity contribution in [3.63, 3.8) is 0 Å². The van der Waals surface area contributed by atoms with E-state index < -0.39 is 6.09 Å². The van der Waals surface area contributed by atoms with Crippen molar-refractivity contribution in [2.75, 3.05) is 24.6 Å². The van der Waals surface area contributed by atoms with Crippen molar-refractivity contribution >= 4 is 35.1 Å². The second-order valence-electron chi connectivity index (χ2n) is 8.17. The summed E-state index contributed by atoms with van der Waals surface area (Å²) in [5.41, 5.74) is 2.22. The van der Waals surface area contributed by atoms with Gasteiger partial charge in [0.05, 0.1) is 12.3 Å². The average molecular weight is 501 g/mol. The molecule has 7 nitrogen and oxygen atoms in total. The minimum Gasteiger partial charge on any atom is -0.450 e. The van der Waals surface area contributed by atoms with E-state index in [1.165, 1.54) is 0 Å². The summed E-state index contributed by atoms with van der Waals surface area (Å²) in [5.74, 6) is 1.14. The third-order valence-corrected chi connectivity index (χ3v) is 6.32. The van der Waals surface area contributed by atoms with Gasteiger partial charge in [0, 0.05) is 40.8 Å². The van der Waals surface area contributed by atoms with E-state index in [0.717, 1.165) is 24.0 Å². The largest absolute Gasteiger partial charge is 0.450 e. The average Bonchev–Trinajstić information content (AvgIpc) is 2.80. The molecule has 0 radical (unpaired) electrons. The fraction of sp³-hybridized carbons (Fsp3) is 0.320. The third kappa shape index (κ3) is 5.37. The SMILES string of the molecule is CCOC(=O)NC1CCN(c2cc(=O)n(-c3ccc(Cl)cc3)c(-c3ccc(Cl)cc3C)n2)CC1. The van der Waals surface area contributed by atoms with Crippen LogP contribution in [0.3, 0.4) is 0 Å². The van der Waals surface area contributed by atoms with Crippen LogP contribution in [0.1, 0.15) is 25.3 Å². The molecule has 3 aromatic rings. The summed E-state index contributed by atoms with van der Waals surface area (Å²) < 4.78 is 6.57. The van der Waals surface area contributed by atoms with Gasteiger partial charge in [-0.2, -0.15) is 0 Å². The molecule has 0 bridgehead atoms. The van der Waals surface area contributed by atoms with Gasteiger partial charge in [0.2, 0.25) is 0 Å². The number of aryl methyl sites for hydroxylation is 1. The second-order valence-corrected chi connectivity index (χ2v) is 9.05. The maximum absolute atomic E-state index is 13.4. The Balaban J connectivity index is 1.69. The zero-order valence-electron chi connectivity index (χ0n) is 19.1. The van der Waals surface area contributed by atoms with Crippen LogP contribution < -0.4 is 15.8 Å². The van der Waals surface area contributed by atoms with Gasteiger partial charge in [-0.15, -0.1) is 0 Å². The monoisotopic (exact) mass is 500 g/mol. The smallest absolute Gasteiger partial charge is 0.407 e. The number of rotatable bonds is 5. The molecule has 1 amide bonds. The number of nitrogens with one attached hydrogen (secondary N) is 1. The normalized spacial score (nSPS) is 14.2. The van der Waals surface area contributed by atoms with E-state index in [1.54, 1.807) is 47.9 Å². The van der Waals surface area contributed by atoms with Crippen LogP contribution in [0.15, 0.2) is 53.3 Å². The summed E-state index contributed by atoms with van der Waals surface area (Å²) in [5, 5.41) is 4.10. The Morgan fingerprint density at radius 1 is 1.09 bits per heavy atom. The van der Waals surface area contributed by atoms with E-state index in [2.05, 4.69) is 10.2 Å². The Hall–Kier alpha value is -3.03. The van der Waals surface area contributed by atoms with E-state index >= 15 is 0 Å². The fourth-order valence-electron chi connectivity index (χ4n) is 4.12. The van der Waals surface area contributed by atoms with Gasteiger partial charge in [-0.1, -0.05) is 23.2 Å². The van der Waals surface area contributed by atoms with Crippen LogP contribution in [0.4, 0.5) is 10.6 Å². The van der Waals surface area contributed by atoms with Crippen molar-refractivity contribution in [1.29, 1.82) is 0 Å². The van der Waals surface area contributed by atoms with E-state index in [9.17, 15) is 9.59 Å². The molecule has 1 N–H and O–H groups in total. The van der Waals surface area contributed by atoms with Crippen molar-refractivity contribution in [3.8, 4) is 17.1 Å². The van der Waals surface area contributed by atoms with Gasteiger partial charge in [-0.05, 0) is 74.7 Å². The first-order chi connectivity index (χ1) is 16.4. The van der Waals surface area contributed by atoms with Crippen LogP contribution >= 0.6 is 23.2 Å². The number of benzene rings is 2. The Bertz CT molecular complexity index is 1240. The molecule has 2 aromatic carbocycles. The highest BCUT2D eigenvalue weighted by atomic mass is 35.5. The zero-order valence-corrected chi connectivity index (χ0v) is 20.6. The minimum absolute atomic E-state index is 0.0303. The number of nitrogens with zero attached hydrogens (tertiary/aromatic N) is 3. The fourth-order valence-corrected chi connectivity index (χ4v) is 4.48. The molecule has 1 aliphatic rings. The van der Waals surface area contributed by atoms with Crippen LogP contribution in [0, 0.1) is 6.92 Å². The first-order valence-corrected chi connectivity index (χ1v) is 12.0. The lowest BCUT2D eigenvalue weighted by atomic mass is 10.1. The van der Waals surface area contributed by atoms with Gasteiger partial charge < -0.3 is 15.0 Å². The number of hydrogen-bond acceptors (Lipinski definition) is 5. The number of carbonyl (C=O) groups excluding carboxylic acids is 1. The van der Waals surface area contributed by atoms with Crippen molar-refractivity contribution in [2.24, 2.45) is 0 Å². The lowest BCUT2D eigenvalue weighted by Crippen LogP contribution is -2.45. The number of ether oxygens (including phenoxy) is 1. The number of alkyl carbamates (subject to hydrolysis) is 1. The van der Waals surface area contributed by atoms with Crippen LogP contribution in [0.2, 0.25) is 10.0 Å². The zero-order chi connectivity index (χ0) is 24.2. The number of anilines is 1. The molecular weight excluding hydrogens is 475 g/mol. The Labute approximate surface area is 208 Å². The van der Waals surface area contributed by atoms with E-state index in [4.69, 9.17) is 32.9 Å². The van der Waals surface area contributed by atoms with Gasteiger partial charge in [0.25, 0.3) is 5.56 Å². The number of carbonyl (C=O) groups is 1. The molecule has 0 saturated carbocycles. The number of hydrogen-bond donors (Lipinski definition) is 1. The Kier molecular flexibility index (Phi) is 7.44. The minimum atomic E-state index is -0.398. The quantitative estimate of drug-likeness (QED) is 0.518. The molecule has 2 heterocycles. The molecule has 4 rings (SSSR count). The maximum atomic E-state index is 13.4. The number of aromatic nitrogens is 2. The highest BCUT2D eigenvalue weighted by Crippen LogP contribution is 2.28. The second kappa shape index (κ2) is 10.5. The standard InChI is InChI=1S/C25H26Cl2N4O3/c1-3-34-25(33)28-19-10-12-30(13-11-19)22-15-23(32)31(20-7-4-17(26)5-8-20)24(29-22)21-9-6-18(27)14-16(21)2/h4-9,14-15,19H,3,10-13H2,1-2H3,(H,28,33). The number of amides is 1. The predicted molar refractivity (Wildman–Crippen MR) is 135 cm³/mol. The highest BCUT2D eigenvalue weighted by molar-refractivity contribution is 6.31. The van der Waals surface area contributed by atoms with Gasteiger partial charge in [0.15, 0.2) is 0 Å². The molecule has 1 fully saturated rings. The van der Waals surface area contributed by atoms with Crippen molar-refractivity contribution in [2.45, 2.75) is 32.7 Å². The van der Waals surface area contributed by atoms with Gasteiger partial charge in [-0.25, -0.2) is 9.78 Å². The number of halogens is 2. The first kappa shape index (κ1) is 24.1. The molecular formula is C25H26Cl2N4O3. The first-order valence-electron chi connectivity index (χ1n) is 11.2. The predicted octanol–water partition coefficient (Wildman–Crippen LogP) is 5.23. The maximum Gasteiger partial charge on any atom is 0.407 e. The molecule has 9 heteroatoms. The summed E-state index contributed by atoms with van der Waals surface area (Å²) in [6, 6.07) is 14.2. The molecule has 0 spiro atoms. The van der Waals surface area contributed by atoms with E-state index in [-0.39, 0.29) is 11.6 Å². The van der Waals surface area contributed by atoms with E-state index in [1.807, 2.05) is 19.1 Å². The van der Waals surface area contributed by atoms with E-state index in [0.29, 0.717) is 47.1 Å². The summed E-state index contributed by atoms with van der Waals surface area (Å²) in [7, 11) is 0. The van der Waals surface area contributed by atoms with Crippen LogP contribution in [-0.4, -0.2) is 41.4 Å². The topological polar surface area (TPSA) is 76.5 Å². The molecule has 178 valence electrons. The van der Waals surface area contributed by atoms with Crippen LogP contribution in [0.5, 0.6) is 0 Å². The lowest BCUT2D eigenvalue weighted by molar-refractivity contribution is 0.146. The molecule has 1 aliphatic heterocycles. The third-order valence-electron chi connectivity index (χ3n) is 5.84. The summed E-state index contributed by atoms with van der Waals surface area (Å²) in [6.45, 7) is 5.38. The summed E-state index contributed by atoms with van der Waals surface area (Å²) in [6.07, 6.45) is 1.07. The van der Waals surface area contributed by atoms with Crippen molar-refractivity contribution < 1.29 is 9.53 Å². The van der Waals surface area contributed by atoms with Gasteiger partial charge >= 0.3 is 6.09 Å². The molecule has 1 saturated heterocycles.